The number of hydrogen-bond donors (Lipinski definition) is 0. The maximum absolute atomic E-state index is 13.9. The summed E-state index contributed by atoms with van der Waals surface area (Å²) in [5.41, 5.74) is 1.84. The zero-order chi connectivity index (χ0) is 27.4. The molecule has 0 unspecified atom stereocenters. The molecule has 4 atom stereocenters. The van der Waals surface area contributed by atoms with Crippen molar-refractivity contribution in [2.75, 3.05) is 4.90 Å². The molecule has 0 radical (unpaired) electrons. The molecule has 3 aliphatic rings. The van der Waals surface area contributed by atoms with Crippen LogP contribution in [0.4, 0.5) is 11.4 Å². The second-order valence-corrected chi connectivity index (χ2v) is 9.60. The summed E-state index contributed by atoms with van der Waals surface area (Å²) in [7, 11) is 0. The first kappa shape index (κ1) is 24.2. The van der Waals surface area contributed by atoms with E-state index in [2.05, 4.69) is 0 Å². The fourth-order valence-electron chi connectivity index (χ4n) is 5.88. The van der Waals surface area contributed by atoms with Gasteiger partial charge in [-0.25, -0.2) is 4.90 Å². The lowest BCUT2D eigenvalue weighted by molar-refractivity contribution is -0.384. The third-order valence-corrected chi connectivity index (χ3v) is 7.43. The molecule has 10 nitrogen and oxygen atoms in total. The summed E-state index contributed by atoms with van der Waals surface area (Å²) in [6.45, 7) is 1.27. The monoisotopic (exact) mass is 523 g/mol. The topological polar surface area (TPSA) is 127 Å². The number of ether oxygens (including phenoxy) is 1. The summed E-state index contributed by atoms with van der Waals surface area (Å²) >= 11 is 0. The van der Waals surface area contributed by atoms with E-state index >= 15 is 0 Å². The number of carbonyl (C=O) groups is 4. The molecular weight excluding hydrogens is 502 g/mol. The summed E-state index contributed by atoms with van der Waals surface area (Å²) < 4.78 is 5.06. The van der Waals surface area contributed by atoms with E-state index in [0.717, 1.165) is 16.0 Å². The van der Waals surface area contributed by atoms with Crippen LogP contribution in [-0.2, 0) is 14.4 Å². The van der Waals surface area contributed by atoms with Crippen LogP contribution in [0.1, 0.15) is 34.5 Å². The number of imide groups is 1. The van der Waals surface area contributed by atoms with Crippen LogP contribution in [0.5, 0.6) is 5.75 Å². The minimum absolute atomic E-state index is 0.0882. The van der Waals surface area contributed by atoms with Crippen LogP contribution < -0.4 is 9.64 Å². The summed E-state index contributed by atoms with van der Waals surface area (Å²) in [4.78, 5) is 66.7. The highest BCUT2D eigenvalue weighted by atomic mass is 16.6. The molecule has 194 valence electrons. The van der Waals surface area contributed by atoms with Gasteiger partial charge in [0.05, 0.1) is 28.5 Å². The summed E-state index contributed by atoms with van der Waals surface area (Å²) in [5, 5.41) is 11.4. The minimum atomic E-state index is -1.05. The Morgan fingerprint density at radius 1 is 0.923 bits per heavy atom. The fraction of sp³-hybridized carbons (Fsp3) is 0.172. The Hall–Kier alpha value is -5.12. The second kappa shape index (κ2) is 9.02. The zero-order valence-electron chi connectivity index (χ0n) is 20.6. The van der Waals surface area contributed by atoms with E-state index in [0.29, 0.717) is 5.69 Å². The van der Waals surface area contributed by atoms with E-state index in [1.807, 2.05) is 30.3 Å². The second-order valence-electron chi connectivity index (χ2n) is 9.60. The standard InChI is InChI=1S/C29H21N3O7/c1-16(33)39-21-11-9-19(10-12-21)31-28(35)23-24(29(31)36)26(27(34)18-6-4-7-20(15-18)32(37)38)30-14-13-17-5-2-3-8-22(17)25(23)30/h2-15,23-26H,1H3/t23-,24+,25+,26-/m0/s1. The molecule has 3 aliphatic heterocycles. The average Bonchev–Trinajstić information content (AvgIpc) is 3.41. The molecular formula is C29H21N3O7. The molecule has 0 saturated carbocycles. The lowest BCUT2D eigenvalue weighted by Gasteiger charge is -2.35. The number of esters is 1. The van der Waals surface area contributed by atoms with Gasteiger partial charge in [-0.1, -0.05) is 36.4 Å². The largest absolute Gasteiger partial charge is 0.427 e. The van der Waals surface area contributed by atoms with Gasteiger partial charge >= 0.3 is 5.97 Å². The Morgan fingerprint density at radius 2 is 1.64 bits per heavy atom. The number of nitrogens with zero attached hydrogens (tertiary/aromatic N) is 3. The van der Waals surface area contributed by atoms with E-state index in [9.17, 15) is 29.3 Å². The predicted molar refractivity (Wildman–Crippen MR) is 138 cm³/mol. The van der Waals surface area contributed by atoms with E-state index < -0.39 is 52.4 Å². The maximum Gasteiger partial charge on any atom is 0.308 e. The molecule has 10 heteroatoms. The molecule has 3 aromatic rings. The van der Waals surface area contributed by atoms with Gasteiger partial charge in [0.2, 0.25) is 11.8 Å². The van der Waals surface area contributed by atoms with Crippen molar-refractivity contribution < 1.29 is 28.8 Å². The number of rotatable bonds is 5. The molecule has 3 aromatic carbocycles. The lowest BCUT2D eigenvalue weighted by Crippen LogP contribution is -2.44. The Bertz CT molecular complexity index is 1600. The molecule has 0 N–H and O–H groups in total. The molecule has 2 saturated heterocycles. The van der Waals surface area contributed by atoms with Crippen LogP contribution in [0.3, 0.4) is 0 Å². The number of anilines is 1. The lowest BCUT2D eigenvalue weighted by atomic mass is 9.83. The fourth-order valence-corrected chi connectivity index (χ4v) is 5.88. The van der Waals surface area contributed by atoms with Crippen molar-refractivity contribution in [1.29, 1.82) is 0 Å². The molecule has 2 amide bonds. The van der Waals surface area contributed by atoms with Crippen molar-refractivity contribution in [2.45, 2.75) is 19.0 Å². The van der Waals surface area contributed by atoms with Gasteiger partial charge in [0.25, 0.3) is 5.69 Å². The Balaban J connectivity index is 1.44. The van der Waals surface area contributed by atoms with Gasteiger partial charge in [-0.3, -0.25) is 29.3 Å². The van der Waals surface area contributed by atoms with Gasteiger partial charge in [-0.05, 0) is 41.5 Å². The first-order chi connectivity index (χ1) is 18.8. The molecule has 3 heterocycles. The summed E-state index contributed by atoms with van der Waals surface area (Å²) in [6, 6.07) is 17.3. The molecule has 6 rings (SSSR count). The van der Waals surface area contributed by atoms with Crippen LogP contribution in [-0.4, -0.2) is 39.4 Å². The van der Waals surface area contributed by atoms with E-state index in [1.165, 1.54) is 55.5 Å². The van der Waals surface area contributed by atoms with Crippen molar-refractivity contribution in [2.24, 2.45) is 11.8 Å². The van der Waals surface area contributed by atoms with Crippen LogP contribution in [0.25, 0.3) is 6.08 Å². The van der Waals surface area contributed by atoms with Gasteiger partial charge < -0.3 is 9.64 Å². The van der Waals surface area contributed by atoms with E-state index in [-0.39, 0.29) is 17.0 Å². The number of hydrogen-bond acceptors (Lipinski definition) is 8. The molecule has 0 aromatic heterocycles. The van der Waals surface area contributed by atoms with Crippen LogP contribution in [0, 0.1) is 22.0 Å². The normalized spacial score (nSPS) is 22.8. The molecule has 0 aliphatic carbocycles. The van der Waals surface area contributed by atoms with Crippen LogP contribution in [0.15, 0.2) is 79.0 Å². The quantitative estimate of drug-likeness (QED) is 0.123. The number of non-ortho nitro benzene ring substituents is 1. The number of amides is 2. The van der Waals surface area contributed by atoms with Gasteiger partial charge in [0, 0.05) is 30.8 Å². The van der Waals surface area contributed by atoms with Crippen molar-refractivity contribution >= 4 is 41.0 Å². The van der Waals surface area contributed by atoms with Gasteiger partial charge in [-0.15, -0.1) is 0 Å². The molecule has 39 heavy (non-hydrogen) atoms. The van der Waals surface area contributed by atoms with Gasteiger partial charge in [0.15, 0.2) is 5.78 Å². The Labute approximate surface area is 222 Å². The minimum Gasteiger partial charge on any atom is -0.427 e. The summed E-state index contributed by atoms with van der Waals surface area (Å²) in [5.74, 6) is -3.57. The Morgan fingerprint density at radius 3 is 2.36 bits per heavy atom. The maximum atomic E-state index is 13.9. The predicted octanol–water partition coefficient (Wildman–Crippen LogP) is 3.92. The Kier molecular flexibility index (Phi) is 5.60. The molecule has 2 fully saturated rings. The van der Waals surface area contributed by atoms with Crippen molar-refractivity contribution in [1.82, 2.24) is 4.90 Å². The first-order valence-electron chi connectivity index (χ1n) is 12.3. The third-order valence-electron chi connectivity index (χ3n) is 7.43. The van der Waals surface area contributed by atoms with E-state index in [1.54, 1.807) is 11.1 Å². The highest BCUT2D eigenvalue weighted by Gasteiger charge is 2.64. The van der Waals surface area contributed by atoms with Crippen LogP contribution in [0.2, 0.25) is 0 Å². The number of nitro benzene ring substituents is 1. The van der Waals surface area contributed by atoms with Gasteiger partial charge in [0.1, 0.15) is 11.8 Å². The van der Waals surface area contributed by atoms with Crippen molar-refractivity contribution in [3.05, 3.63) is 106 Å². The molecule has 0 spiro atoms. The number of benzene rings is 3. The van der Waals surface area contributed by atoms with E-state index in [4.69, 9.17) is 4.74 Å². The highest BCUT2D eigenvalue weighted by molar-refractivity contribution is 6.24. The zero-order valence-corrected chi connectivity index (χ0v) is 20.6. The highest BCUT2D eigenvalue weighted by Crippen LogP contribution is 2.53. The van der Waals surface area contributed by atoms with Crippen molar-refractivity contribution in [3.63, 3.8) is 0 Å². The number of Topliss-reactive ketones (excluding diaryl/α,β-unsaturated/α-hetero) is 1. The number of carbonyl (C=O) groups excluding carboxylic acids is 4. The smallest absolute Gasteiger partial charge is 0.308 e. The number of fused-ring (bicyclic) bond motifs is 5. The summed E-state index contributed by atoms with van der Waals surface area (Å²) in [6.07, 6.45) is 3.56. The molecule has 0 bridgehead atoms. The first-order valence-corrected chi connectivity index (χ1v) is 12.3. The number of ketones is 1. The van der Waals surface area contributed by atoms with Crippen LogP contribution >= 0.6 is 0 Å². The number of nitro groups is 1. The van der Waals surface area contributed by atoms with Crippen molar-refractivity contribution in [3.8, 4) is 5.75 Å². The average molecular weight is 524 g/mol. The third kappa shape index (κ3) is 3.80. The SMILES string of the molecule is CC(=O)Oc1ccc(N2C(=O)[C@@H]3[C@H](C2=O)[C@H]2c4ccccc4C=CN2[C@@H]3C(=O)c2cccc([N+](=O)[O-])c2)cc1. The van der Waals surface area contributed by atoms with Gasteiger partial charge in [-0.2, -0.15) is 0 Å².